The topological polar surface area (TPSA) is 67.1 Å². The number of nitrogens with zero attached hydrogens (tertiary/aromatic N) is 4. The van der Waals surface area contributed by atoms with Crippen LogP contribution < -0.4 is 10.6 Å². The van der Waals surface area contributed by atoms with Crippen molar-refractivity contribution in [2.45, 2.75) is 59.0 Å². The van der Waals surface area contributed by atoms with Crippen molar-refractivity contribution in [3.05, 3.63) is 12.2 Å². The van der Waals surface area contributed by atoms with Gasteiger partial charge in [0.25, 0.3) is 0 Å². The highest BCUT2D eigenvalue weighted by Crippen LogP contribution is 2.19. The molecular formula is C15H28N6. The van der Waals surface area contributed by atoms with Gasteiger partial charge in [-0.05, 0) is 24.7 Å². The molecule has 6 nitrogen and oxygen atoms in total. The van der Waals surface area contributed by atoms with Gasteiger partial charge in [0.2, 0.25) is 0 Å². The van der Waals surface area contributed by atoms with Crippen LogP contribution in [0.2, 0.25) is 0 Å². The molecular weight excluding hydrogens is 264 g/mol. The van der Waals surface area contributed by atoms with Crippen molar-refractivity contribution in [3.63, 3.8) is 0 Å². The Morgan fingerprint density at radius 3 is 3.00 bits per heavy atom. The monoisotopic (exact) mass is 292 g/mol. The lowest BCUT2D eigenvalue weighted by Crippen LogP contribution is -2.47. The Bertz CT molecular complexity index is 471. The minimum absolute atomic E-state index is 0.369. The summed E-state index contributed by atoms with van der Waals surface area (Å²) in [4.78, 5) is 8.56. The summed E-state index contributed by atoms with van der Waals surface area (Å²) in [5.74, 6) is 1.97. The van der Waals surface area contributed by atoms with E-state index in [0.717, 1.165) is 44.1 Å². The second-order valence-corrected chi connectivity index (χ2v) is 6.90. The molecule has 0 radical (unpaired) electrons. The Morgan fingerprint density at radius 2 is 2.29 bits per heavy atom. The van der Waals surface area contributed by atoms with E-state index >= 15 is 0 Å². The molecule has 2 N–H and O–H groups in total. The number of aliphatic imine (C=N–C) groups is 1. The van der Waals surface area contributed by atoms with Crippen LogP contribution >= 0.6 is 0 Å². The summed E-state index contributed by atoms with van der Waals surface area (Å²) >= 11 is 0. The first kappa shape index (κ1) is 15.8. The van der Waals surface area contributed by atoms with Crippen molar-refractivity contribution < 1.29 is 0 Å². The first-order valence-corrected chi connectivity index (χ1v) is 7.82. The number of rotatable bonds is 4. The van der Waals surface area contributed by atoms with Gasteiger partial charge in [-0.25, -0.2) is 9.67 Å². The maximum Gasteiger partial charge on any atom is 0.191 e. The molecule has 21 heavy (non-hydrogen) atoms. The van der Waals surface area contributed by atoms with Gasteiger partial charge >= 0.3 is 0 Å². The van der Waals surface area contributed by atoms with Gasteiger partial charge < -0.3 is 10.6 Å². The van der Waals surface area contributed by atoms with Crippen LogP contribution in [0, 0.1) is 5.41 Å². The summed E-state index contributed by atoms with van der Waals surface area (Å²) in [7, 11) is 1.82. The largest absolute Gasteiger partial charge is 0.356 e. The highest BCUT2D eigenvalue weighted by atomic mass is 15.4. The summed E-state index contributed by atoms with van der Waals surface area (Å²) in [5, 5.41) is 11.1. The Labute approximate surface area is 127 Å². The molecule has 1 aliphatic heterocycles. The number of fused-ring (bicyclic) bond motifs is 1. The van der Waals surface area contributed by atoms with E-state index in [9.17, 15) is 0 Å². The highest BCUT2D eigenvalue weighted by Gasteiger charge is 2.20. The molecule has 2 heterocycles. The first-order chi connectivity index (χ1) is 9.98. The molecule has 1 aromatic heterocycles. The molecule has 0 aliphatic carbocycles. The van der Waals surface area contributed by atoms with Crippen molar-refractivity contribution in [2.75, 3.05) is 13.6 Å². The molecule has 0 spiro atoms. The molecule has 0 saturated carbocycles. The third-order valence-corrected chi connectivity index (χ3v) is 3.77. The second kappa shape index (κ2) is 6.91. The van der Waals surface area contributed by atoms with Crippen molar-refractivity contribution in [3.8, 4) is 0 Å². The van der Waals surface area contributed by atoms with Crippen molar-refractivity contribution >= 4 is 5.96 Å². The molecule has 0 bridgehead atoms. The molecule has 1 aliphatic rings. The molecule has 0 aromatic carbocycles. The predicted octanol–water partition coefficient (Wildman–Crippen LogP) is 1.58. The van der Waals surface area contributed by atoms with Crippen molar-refractivity contribution in [1.29, 1.82) is 0 Å². The van der Waals surface area contributed by atoms with Crippen LogP contribution in [-0.2, 0) is 13.0 Å². The highest BCUT2D eigenvalue weighted by molar-refractivity contribution is 5.79. The smallest absolute Gasteiger partial charge is 0.191 e. The van der Waals surface area contributed by atoms with Gasteiger partial charge in [-0.15, -0.1) is 0 Å². The zero-order valence-electron chi connectivity index (χ0n) is 13.7. The minimum Gasteiger partial charge on any atom is -0.356 e. The Balaban J connectivity index is 1.73. The first-order valence-electron chi connectivity index (χ1n) is 7.82. The third-order valence-electron chi connectivity index (χ3n) is 3.77. The van der Waals surface area contributed by atoms with Gasteiger partial charge in [-0.3, -0.25) is 4.99 Å². The number of aromatic nitrogens is 3. The van der Waals surface area contributed by atoms with Crippen LogP contribution in [0.15, 0.2) is 11.3 Å². The van der Waals surface area contributed by atoms with E-state index in [2.05, 4.69) is 46.5 Å². The lowest BCUT2D eigenvalue weighted by atomic mass is 9.91. The molecule has 1 aromatic rings. The lowest BCUT2D eigenvalue weighted by molar-refractivity contribution is 0.363. The molecule has 2 rings (SSSR count). The maximum atomic E-state index is 4.31. The van der Waals surface area contributed by atoms with E-state index in [1.54, 1.807) is 6.33 Å². The SMILES string of the molecule is CN=C(NCCCC(C)(C)C)NC1CCc2ncnn2C1. The van der Waals surface area contributed by atoms with Gasteiger partial charge in [-0.1, -0.05) is 20.8 Å². The van der Waals surface area contributed by atoms with Crippen molar-refractivity contribution in [2.24, 2.45) is 10.4 Å². The maximum absolute atomic E-state index is 4.31. The summed E-state index contributed by atoms with van der Waals surface area (Å²) in [6.45, 7) is 8.64. The van der Waals surface area contributed by atoms with Crippen molar-refractivity contribution in [1.82, 2.24) is 25.4 Å². The van der Waals surface area contributed by atoms with Crippen LogP contribution in [0.5, 0.6) is 0 Å². The number of guanidine groups is 1. The fraction of sp³-hybridized carbons (Fsp3) is 0.800. The molecule has 6 heteroatoms. The standard InChI is InChI=1S/C15H28N6/c1-15(2,3)8-5-9-17-14(16-4)20-12-6-7-13-18-11-19-21(13)10-12/h11-12H,5-10H2,1-4H3,(H2,16,17,20). The Kier molecular flexibility index (Phi) is 5.20. The lowest BCUT2D eigenvalue weighted by Gasteiger charge is -2.25. The number of hydrogen-bond acceptors (Lipinski definition) is 3. The summed E-state index contributed by atoms with van der Waals surface area (Å²) < 4.78 is 1.98. The van der Waals surface area contributed by atoms with Crippen LogP contribution in [0.1, 0.15) is 45.9 Å². The number of nitrogens with one attached hydrogen (secondary N) is 2. The molecule has 0 fully saturated rings. The zero-order valence-corrected chi connectivity index (χ0v) is 13.7. The summed E-state index contributed by atoms with van der Waals surface area (Å²) in [5.41, 5.74) is 0.394. The third kappa shape index (κ3) is 5.02. The average Bonchev–Trinajstić information content (AvgIpc) is 2.88. The van der Waals surface area contributed by atoms with E-state index in [0.29, 0.717) is 11.5 Å². The predicted molar refractivity (Wildman–Crippen MR) is 85.3 cm³/mol. The van der Waals surface area contributed by atoms with Gasteiger partial charge in [0.15, 0.2) is 5.96 Å². The minimum atomic E-state index is 0.369. The molecule has 0 amide bonds. The molecule has 1 unspecified atom stereocenters. The van der Waals surface area contributed by atoms with E-state index in [1.165, 1.54) is 6.42 Å². The second-order valence-electron chi connectivity index (χ2n) is 6.90. The average molecular weight is 292 g/mol. The molecule has 1 atom stereocenters. The van der Waals surface area contributed by atoms with Crippen LogP contribution in [0.4, 0.5) is 0 Å². The fourth-order valence-corrected chi connectivity index (χ4v) is 2.57. The van der Waals surface area contributed by atoms with Gasteiger partial charge in [0, 0.05) is 26.1 Å². The summed E-state index contributed by atoms with van der Waals surface area (Å²) in [6.07, 6.45) is 6.04. The van der Waals surface area contributed by atoms with E-state index < -0.39 is 0 Å². The quantitative estimate of drug-likeness (QED) is 0.502. The Morgan fingerprint density at radius 1 is 1.48 bits per heavy atom. The van der Waals surface area contributed by atoms with Crippen LogP contribution in [0.3, 0.4) is 0 Å². The van der Waals surface area contributed by atoms with Crippen LogP contribution in [-0.4, -0.2) is 40.4 Å². The van der Waals surface area contributed by atoms with Gasteiger partial charge in [0.1, 0.15) is 12.2 Å². The normalized spacial score (nSPS) is 19.2. The molecule has 0 saturated heterocycles. The van der Waals surface area contributed by atoms with Crippen LogP contribution in [0.25, 0.3) is 0 Å². The number of aryl methyl sites for hydroxylation is 1. The van der Waals surface area contributed by atoms with Gasteiger partial charge in [-0.2, -0.15) is 5.10 Å². The zero-order chi connectivity index (χ0) is 15.3. The van der Waals surface area contributed by atoms with E-state index in [4.69, 9.17) is 0 Å². The Hall–Kier alpha value is -1.59. The van der Waals surface area contributed by atoms with E-state index in [1.807, 2.05) is 11.7 Å². The molecule has 118 valence electrons. The fourth-order valence-electron chi connectivity index (χ4n) is 2.57. The number of hydrogen-bond donors (Lipinski definition) is 2. The van der Waals surface area contributed by atoms with E-state index in [-0.39, 0.29) is 0 Å². The summed E-state index contributed by atoms with van der Waals surface area (Å²) in [6, 6.07) is 0.369. The van der Waals surface area contributed by atoms with Gasteiger partial charge in [0.05, 0.1) is 6.54 Å².